The van der Waals surface area contributed by atoms with Crippen molar-refractivity contribution < 1.29 is 33.8 Å². The second-order valence-electron chi connectivity index (χ2n) is 5.01. The Bertz CT molecular complexity index is 812. The van der Waals surface area contributed by atoms with Gasteiger partial charge in [-0.25, -0.2) is 19.5 Å². The smallest absolute Gasteiger partial charge is 0.387 e. The Hall–Kier alpha value is -1.18. The van der Waals surface area contributed by atoms with E-state index < -0.39 is 39.0 Å². The molecule has 132 valence electrons. The zero-order valence-corrected chi connectivity index (χ0v) is 14.3. The number of halogens is 1. The number of nitrogens with two attached hydrogens (primary N) is 1. The maximum atomic E-state index is 10.8. The van der Waals surface area contributed by atoms with Crippen LogP contribution in [0.25, 0.3) is 11.2 Å². The highest BCUT2D eigenvalue weighted by atomic mass is 79.9. The Kier molecular flexibility index (Phi) is 4.61. The van der Waals surface area contributed by atoms with Gasteiger partial charge in [-0.3, -0.25) is 9.09 Å². The molecule has 0 bridgehead atoms. The highest BCUT2D eigenvalue weighted by Gasteiger charge is 2.45. The van der Waals surface area contributed by atoms with Crippen LogP contribution in [0.3, 0.4) is 0 Å². The fourth-order valence-corrected chi connectivity index (χ4v) is 3.26. The van der Waals surface area contributed by atoms with Gasteiger partial charge in [0.05, 0.1) is 6.61 Å². The number of hydrogen-bond acceptors (Lipinski definition) is 9. The number of phosphoric ester groups is 1. The van der Waals surface area contributed by atoms with Crippen LogP contribution in [0, 0.1) is 0 Å². The Morgan fingerprint density at radius 2 is 2.08 bits per heavy atom. The SMILES string of the molecule is Nc1ncnc2c1nc(Br)n2[C@@H]1O[C@H](COP(=O)(O)O)[C@H](O)[C@@H]1O. The third-order valence-corrected chi connectivity index (χ3v) is 4.51. The summed E-state index contributed by atoms with van der Waals surface area (Å²) in [7, 11) is -4.74. The van der Waals surface area contributed by atoms with Gasteiger partial charge >= 0.3 is 7.82 Å². The number of hydrogen-bond donors (Lipinski definition) is 5. The standard InChI is InChI=1S/C10H13BrN5O7P/c11-10-15-4-7(12)13-2-14-8(4)16(10)9-6(18)5(17)3(23-9)1-22-24(19,20)21/h2-3,5-6,9,17-18H,1H2,(H2,12,13,14)(H2,19,20,21)/t3-,5+,6+,9-/m1/s1. The van der Waals surface area contributed by atoms with Crippen LogP contribution < -0.4 is 5.73 Å². The van der Waals surface area contributed by atoms with Crippen LogP contribution in [-0.4, -0.2) is 64.4 Å². The van der Waals surface area contributed by atoms with Crippen LogP contribution in [0.2, 0.25) is 0 Å². The van der Waals surface area contributed by atoms with E-state index in [1.54, 1.807) is 0 Å². The number of aliphatic hydroxyl groups excluding tert-OH is 2. The summed E-state index contributed by atoms with van der Waals surface area (Å²) >= 11 is 3.19. The van der Waals surface area contributed by atoms with Gasteiger partial charge in [0.2, 0.25) is 0 Å². The highest BCUT2D eigenvalue weighted by Crippen LogP contribution is 2.39. The summed E-state index contributed by atoms with van der Waals surface area (Å²) in [6, 6.07) is 0. The molecule has 2 aromatic heterocycles. The van der Waals surface area contributed by atoms with Crippen LogP contribution >= 0.6 is 23.8 Å². The molecule has 1 aliphatic rings. The minimum absolute atomic E-state index is 0.119. The van der Waals surface area contributed by atoms with E-state index in [4.69, 9.17) is 20.3 Å². The van der Waals surface area contributed by atoms with Crippen LogP contribution in [-0.2, 0) is 13.8 Å². The molecule has 6 N–H and O–H groups in total. The molecule has 1 saturated heterocycles. The lowest BCUT2D eigenvalue weighted by molar-refractivity contribution is -0.0514. The fraction of sp³-hybridized carbons (Fsp3) is 0.500. The molecule has 1 fully saturated rings. The number of ether oxygens (including phenoxy) is 1. The molecule has 3 rings (SSSR count). The van der Waals surface area contributed by atoms with Crippen molar-refractivity contribution in [2.24, 2.45) is 0 Å². The van der Waals surface area contributed by atoms with Crippen LogP contribution in [0.4, 0.5) is 5.82 Å². The van der Waals surface area contributed by atoms with Crippen LogP contribution in [0.1, 0.15) is 6.23 Å². The second kappa shape index (κ2) is 6.28. The monoisotopic (exact) mass is 425 g/mol. The Morgan fingerprint density at radius 3 is 2.75 bits per heavy atom. The number of aliphatic hydroxyl groups is 2. The molecular formula is C10H13BrN5O7P. The summed E-state index contributed by atoms with van der Waals surface area (Å²) in [5, 5.41) is 20.2. The minimum Gasteiger partial charge on any atom is -0.387 e. The summed E-state index contributed by atoms with van der Waals surface area (Å²) in [6.45, 7) is -0.611. The molecular weight excluding hydrogens is 413 g/mol. The lowest BCUT2D eigenvalue weighted by Crippen LogP contribution is -2.33. The van der Waals surface area contributed by atoms with Gasteiger partial charge in [-0.2, -0.15) is 0 Å². The zero-order valence-electron chi connectivity index (χ0n) is 11.8. The summed E-state index contributed by atoms with van der Waals surface area (Å²) in [5.74, 6) is 0.119. The molecule has 0 unspecified atom stereocenters. The van der Waals surface area contributed by atoms with E-state index in [-0.39, 0.29) is 21.7 Å². The number of imidazole rings is 1. The number of fused-ring (bicyclic) bond motifs is 1. The van der Waals surface area contributed by atoms with Crippen molar-refractivity contribution in [1.29, 1.82) is 0 Å². The molecule has 0 saturated carbocycles. The molecule has 2 aromatic rings. The van der Waals surface area contributed by atoms with Crippen molar-refractivity contribution >= 4 is 40.7 Å². The summed E-state index contributed by atoms with van der Waals surface area (Å²) in [5.41, 5.74) is 6.23. The first kappa shape index (κ1) is 17.6. The number of phosphoric acid groups is 1. The van der Waals surface area contributed by atoms with E-state index in [0.29, 0.717) is 0 Å². The second-order valence-corrected chi connectivity index (χ2v) is 6.96. The van der Waals surface area contributed by atoms with Crippen LogP contribution in [0.5, 0.6) is 0 Å². The average molecular weight is 426 g/mol. The predicted octanol–water partition coefficient (Wildman–Crippen LogP) is -1.10. The van der Waals surface area contributed by atoms with E-state index in [0.717, 1.165) is 0 Å². The molecule has 0 spiro atoms. The molecule has 0 aromatic carbocycles. The summed E-state index contributed by atoms with van der Waals surface area (Å²) in [6.07, 6.45) is -3.94. The van der Waals surface area contributed by atoms with Gasteiger partial charge in [0.1, 0.15) is 24.6 Å². The first-order valence-electron chi connectivity index (χ1n) is 6.54. The Labute approximate surface area is 142 Å². The summed E-state index contributed by atoms with van der Waals surface area (Å²) < 4.78 is 22.1. The van der Waals surface area contributed by atoms with Gasteiger partial charge in [0.15, 0.2) is 27.9 Å². The maximum Gasteiger partial charge on any atom is 0.469 e. The van der Waals surface area contributed by atoms with Crippen molar-refractivity contribution in [3.05, 3.63) is 11.1 Å². The molecule has 0 radical (unpaired) electrons. The van der Waals surface area contributed by atoms with Crippen molar-refractivity contribution in [2.45, 2.75) is 24.5 Å². The molecule has 3 heterocycles. The van der Waals surface area contributed by atoms with Crippen molar-refractivity contribution in [3.8, 4) is 0 Å². The Morgan fingerprint density at radius 1 is 1.38 bits per heavy atom. The third-order valence-electron chi connectivity index (χ3n) is 3.46. The quantitative estimate of drug-likeness (QED) is 0.295. The zero-order chi connectivity index (χ0) is 17.6. The van der Waals surface area contributed by atoms with E-state index in [1.807, 2.05) is 0 Å². The summed E-state index contributed by atoms with van der Waals surface area (Å²) in [4.78, 5) is 29.4. The van der Waals surface area contributed by atoms with E-state index in [2.05, 4.69) is 35.4 Å². The Balaban J connectivity index is 1.92. The lowest BCUT2D eigenvalue weighted by Gasteiger charge is -2.17. The van der Waals surface area contributed by atoms with Gasteiger partial charge in [0.25, 0.3) is 0 Å². The van der Waals surface area contributed by atoms with Gasteiger partial charge in [0, 0.05) is 0 Å². The van der Waals surface area contributed by atoms with Gasteiger partial charge in [-0.1, -0.05) is 0 Å². The van der Waals surface area contributed by atoms with Crippen molar-refractivity contribution in [3.63, 3.8) is 0 Å². The average Bonchev–Trinajstić information content (AvgIpc) is 2.96. The number of nitrogens with zero attached hydrogens (tertiary/aromatic N) is 4. The van der Waals surface area contributed by atoms with E-state index in [1.165, 1.54) is 10.9 Å². The lowest BCUT2D eigenvalue weighted by atomic mass is 10.1. The predicted molar refractivity (Wildman–Crippen MR) is 81.4 cm³/mol. The number of aromatic nitrogens is 4. The number of anilines is 1. The highest BCUT2D eigenvalue weighted by molar-refractivity contribution is 9.10. The number of rotatable bonds is 4. The van der Waals surface area contributed by atoms with Crippen LogP contribution in [0.15, 0.2) is 11.1 Å². The first-order chi connectivity index (χ1) is 11.2. The normalized spacial score (nSPS) is 27.9. The topological polar surface area (TPSA) is 186 Å². The van der Waals surface area contributed by atoms with Crippen molar-refractivity contribution in [2.75, 3.05) is 12.3 Å². The van der Waals surface area contributed by atoms with Gasteiger partial charge in [-0.05, 0) is 15.9 Å². The molecule has 0 aliphatic carbocycles. The maximum absolute atomic E-state index is 10.8. The van der Waals surface area contributed by atoms with Gasteiger partial charge < -0.3 is 30.5 Å². The minimum atomic E-state index is -4.74. The molecule has 12 nitrogen and oxygen atoms in total. The fourth-order valence-electron chi connectivity index (χ4n) is 2.38. The molecule has 24 heavy (non-hydrogen) atoms. The first-order valence-corrected chi connectivity index (χ1v) is 8.87. The van der Waals surface area contributed by atoms with Crippen molar-refractivity contribution in [1.82, 2.24) is 19.5 Å². The molecule has 4 atom stereocenters. The molecule has 1 aliphatic heterocycles. The molecule has 0 amide bonds. The largest absolute Gasteiger partial charge is 0.469 e. The molecule has 14 heteroatoms. The third kappa shape index (κ3) is 3.17. The number of nitrogen functional groups attached to an aromatic ring is 1. The van der Waals surface area contributed by atoms with Gasteiger partial charge in [-0.15, -0.1) is 0 Å². The van der Waals surface area contributed by atoms with E-state index >= 15 is 0 Å². The van der Waals surface area contributed by atoms with E-state index in [9.17, 15) is 14.8 Å².